The molecule has 0 amide bonds. The van der Waals surface area contributed by atoms with E-state index >= 15 is 0 Å². The van der Waals surface area contributed by atoms with E-state index in [1.807, 2.05) is 54.6 Å². The van der Waals surface area contributed by atoms with E-state index in [9.17, 15) is 0 Å². The summed E-state index contributed by atoms with van der Waals surface area (Å²) < 4.78 is 1.21. The maximum atomic E-state index is 4.01. The quantitative estimate of drug-likeness (QED) is 0.578. The van der Waals surface area contributed by atoms with Crippen LogP contribution < -0.4 is 0 Å². The molecule has 0 spiro atoms. The molecule has 0 N–H and O–H groups in total. The molecule has 0 aliphatic rings. The number of aromatic nitrogens is 1. The largest absolute Gasteiger partial charge is 0.386 e. The SMILES string of the molecule is [Y].[c-]1ccccc1.[c-]1nc2ccccc2s1. The van der Waals surface area contributed by atoms with E-state index in [4.69, 9.17) is 0 Å². The van der Waals surface area contributed by atoms with Crippen molar-refractivity contribution < 1.29 is 32.7 Å². The first-order chi connectivity index (χ1) is 7.47. The summed E-state index contributed by atoms with van der Waals surface area (Å²) in [6.45, 7) is 0. The Labute approximate surface area is 124 Å². The van der Waals surface area contributed by atoms with E-state index in [0.29, 0.717) is 0 Å². The minimum atomic E-state index is 0. The number of hydrogen-bond acceptors (Lipinski definition) is 2. The summed E-state index contributed by atoms with van der Waals surface area (Å²) >= 11 is 1.55. The number of rotatable bonds is 0. The van der Waals surface area contributed by atoms with Crippen molar-refractivity contribution in [2.75, 3.05) is 0 Å². The van der Waals surface area contributed by atoms with Crippen molar-refractivity contribution in [3.05, 3.63) is 66.2 Å². The Morgan fingerprint density at radius 2 is 1.69 bits per heavy atom. The van der Waals surface area contributed by atoms with Gasteiger partial charge < -0.3 is 4.98 Å². The Hall–Kier alpha value is -0.566. The van der Waals surface area contributed by atoms with Crippen molar-refractivity contribution >= 4 is 21.6 Å². The van der Waals surface area contributed by atoms with Gasteiger partial charge in [0, 0.05) is 32.7 Å². The van der Waals surface area contributed by atoms with E-state index in [1.54, 1.807) is 11.3 Å². The molecule has 1 nitrogen and oxygen atoms in total. The van der Waals surface area contributed by atoms with Crippen molar-refractivity contribution in [3.63, 3.8) is 0 Å². The first kappa shape index (κ1) is 13.5. The van der Waals surface area contributed by atoms with Crippen LogP contribution in [-0.2, 0) is 32.7 Å². The predicted molar refractivity (Wildman–Crippen MR) is 63.7 cm³/mol. The monoisotopic (exact) mass is 300 g/mol. The van der Waals surface area contributed by atoms with Gasteiger partial charge in [-0.2, -0.15) is 36.4 Å². The minimum Gasteiger partial charge on any atom is -0.386 e. The molecule has 0 unspecified atom stereocenters. The maximum Gasteiger partial charge on any atom is 0 e. The van der Waals surface area contributed by atoms with E-state index in [1.165, 1.54) is 4.70 Å². The molecule has 0 fully saturated rings. The van der Waals surface area contributed by atoms with Crippen LogP contribution in [0.3, 0.4) is 0 Å². The molecule has 16 heavy (non-hydrogen) atoms. The predicted octanol–water partition coefficient (Wildman–Crippen LogP) is 3.58. The van der Waals surface area contributed by atoms with Crippen molar-refractivity contribution in [1.82, 2.24) is 4.98 Å². The molecule has 0 bridgehead atoms. The van der Waals surface area contributed by atoms with Gasteiger partial charge >= 0.3 is 0 Å². The van der Waals surface area contributed by atoms with Crippen LogP contribution in [0.4, 0.5) is 0 Å². The number of thiazole rings is 1. The third kappa shape index (κ3) is 4.13. The zero-order chi connectivity index (χ0) is 10.3. The van der Waals surface area contributed by atoms with E-state index in [0.717, 1.165) is 5.52 Å². The standard InChI is InChI=1S/C7H4NS.C6H5.Y/c1-2-4-7-6(3-1)8-5-9-7;1-2-4-6-5-3-1;/h1-4H;1-5H;/q2*-1;. The summed E-state index contributed by atoms with van der Waals surface area (Å²) in [6, 6.07) is 20.5. The minimum absolute atomic E-state index is 0. The van der Waals surface area contributed by atoms with Crippen LogP contribution in [0.25, 0.3) is 10.2 Å². The van der Waals surface area contributed by atoms with Gasteiger partial charge in [0.2, 0.25) is 0 Å². The zero-order valence-corrected chi connectivity index (χ0v) is 12.3. The van der Waals surface area contributed by atoms with Crippen LogP contribution in [0.5, 0.6) is 0 Å². The second-order valence-electron chi connectivity index (χ2n) is 2.85. The van der Waals surface area contributed by atoms with Crippen LogP contribution in [0.1, 0.15) is 0 Å². The molecule has 77 valence electrons. The Morgan fingerprint density at radius 1 is 0.938 bits per heavy atom. The third-order valence-electron chi connectivity index (χ3n) is 1.79. The Morgan fingerprint density at radius 3 is 2.25 bits per heavy atom. The Kier molecular flexibility index (Phi) is 6.47. The van der Waals surface area contributed by atoms with E-state index < -0.39 is 0 Å². The molecule has 0 atom stereocenters. The summed E-state index contributed by atoms with van der Waals surface area (Å²) in [5.74, 6) is 0. The Bertz CT molecular complexity index is 450. The van der Waals surface area contributed by atoms with Gasteiger partial charge in [0.25, 0.3) is 0 Å². The smallest absolute Gasteiger partial charge is 0 e. The second-order valence-corrected chi connectivity index (χ2v) is 3.68. The van der Waals surface area contributed by atoms with Crippen LogP contribution in [-0.4, -0.2) is 4.98 Å². The topological polar surface area (TPSA) is 12.9 Å². The molecule has 3 aromatic rings. The van der Waals surface area contributed by atoms with Gasteiger partial charge in [-0.25, -0.2) is 0 Å². The molecule has 3 heteroatoms. The van der Waals surface area contributed by atoms with Gasteiger partial charge in [-0.15, -0.1) is 16.8 Å². The second kappa shape index (κ2) is 7.67. The summed E-state index contributed by atoms with van der Waals surface area (Å²) in [5.41, 5.74) is 3.87. The third-order valence-corrected chi connectivity index (χ3v) is 2.54. The molecule has 0 saturated heterocycles. The van der Waals surface area contributed by atoms with Gasteiger partial charge in [0.15, 0.2) is 0 Å². The summed E-state index contributed by atoms with van der Waals surface area (Å²) in [6.07, 6.45) is 0. The fourth-order valence-electron chi connectivity index (χ4n) is 1.10. The first-order valence-electron chi connectivity index (χ1n) is 4.59. The van der Waals surface area contributed by atoms with Gasteiger partial charge in [-0.1, -0.05) is 17.6 Å². The molecular formula is C13H9NSY-2. The molecule has 0 saturated carbocycles. The van der Waals surface area contributed by atoms with Gasteiger partial charge in [-0.3, -0.25) is 11.3 Å². The average molecular weight is 300 g/mol. The number of fused-ring (bicyclic) bond motifs is 1. The molecule has 2 aromatic carbocycles. The molecular weight excluding hydrogens is 291 g/mol. The van der Waals surface area contributed by atoms with E-state index in [2.05, 4.69) is 16.6 Å². The van der Waals surface area contributed by atoms with Crippen molar-refractivity contribution in [2.24, 2.45) is 0 Å². The van der Waals surface area contributed by atoms with Crippen LogP contribution >= 0.6 is 11.3 Å². The number of hydrogen-bond donors (Lipinski definition) is 0. The molecule has 1 heterocycles. The molecule has 1 radical (unpaired) electrons. The van der Waals surface area contributed by atoms with Crippen LogP contribution in [0.15, 0.2) is 54.6 Å². The summed E-state index contributed by atoms with van der Waals surface area (Å²) in [4.78, 5) is 4.01. The van der Waals surface area contributed by atoms with Crippen molar-refractivity contribution in [2.45, 2.75) is 0 Å². The fourth-order valence-corrected chi connectivity index (χ4v) is 1.71. The van der Waals surface area contributed by atoms with Gasteiger partial charge in [0.1, 0.15) is 0 Å². The molecule has 3 rings (SSSR count). The number of nitrogens with zero attached hydrogens (tertiary/aromatic N) is 1. The molecule has 1 aromatic heterocycles. The van der Waals surface area contributed by atoms with Crippen molar-refractivity contribution in [3.8, 4) is 0 Å². The van der Waals surface area contributed by atoms with Gasteiger partial charge in [0.05, 0.1) is 0 Å². The molecule has 0 aliphatic carbocycles. The Balaban J connectivity index is 0.000000162. The van der Waals surface area contributed by atoms with Gasteiger partial charge in [-0.05, 0) is 5.51 Å². The summed E-state index contributed by atoms with van der Waals surface area (Å²) in [7, 11) is 0. The summed E-state index contributed by atoms with van der Waals surface area (Å²) in [5, 5.41) is 0. The van der Waals surface area contributed by atoms with E-state index in [-0.39, 0.29) is 32.7 Å². The number of para-hydroxylation sites is 1. The first-order valence-corrected chi connectivity index (χ1v) is 5.41. The van der Waals surface area contributed by atoms with Crippen molar-refractivity contribution in [1.29, 1.82) is 0 Å². The maximum absolute atomic E-state index is 4.01. The average Bonchev–Trinajstić information content (AvgIpc) is 2.80. The molecule has 0 aliphatic heterocycles. The van der Waals surface area contributed by atoms with Crippen LogP contribution in [0, 0.1) is 11.6 Å². The van der Waals surface area contributed by atoms with Crippen LogP contribution in [0.2, 0.25) is 0 Å². The fraction of sp³-hybridized carbons (Fsp3) is 0. The zero-order valence-electron chi connectivity index (χ0n) is 8.63. The number of benzene rings is 2. The normalized spacial score (nSPS) is 8.75.